The van der Waals surface area contributed by atoms with Crippen LogP contribution >= 0.6 is 0 Å². The second-order valence-corrected chi connectivity index (χ2v) is 21.0. The summed E-state index contributed by atoms with van der Waals surface area (Å²) in [6, 6.07) is 7.14. The van der Waals surface area contributed by atoms with Gasteiger partial charge >= 0.3 is 191 Å². The second-order valence-electron chi connectivity index (χ2n) is 8.44. The van der Waals surface area contributed by atoms with Gasteiger partial charge in [0.05, 0.1) is 0 Å². The minimum absolute atomic E-state index is 0.615. The summed E-state index contributed by atoms with van der Waals surface area (Å²) in [5.41, 5.74) is 0. The number of hydrogen-bond donors (Lipinski definition) is 0. The zero-order valence-electron chi connectivity index (χ0n) is 21.0. The summed E-state index contributed by atoms with van der Waals surface area (Å²) >= 11 is -3.82. The van der Waals surface area contributed by atoms with Gasteiger partial charge in [0.25, 0.3) is 0 Å². The molecular formula is C22H52O4Si2Ti. The van der Waals surface area contributed by atoms with E-state index in [4.69, 9.17) is 12.7 Å². The van der Waals surface area contributed by atoms with E-state index in [1.165, 1.54) is 74.8 Å². The van der Waals surface area contributed by atoms with Crippen molar-refractivity contribution in [2.75, 3.05) is 13.2 Å². The van der Waals surface area contributed by atoms with Crippen LogP contribution < -0.4 is 0 Å². The average Bonchev–Trinajstić information content (AvgIpc) is 2.63. The predicted molar refractivity (Wildman–Crippen MR) is 128 cm³/mol. The molecule has 0 fully saturated rings. The van der Waals surface area contributed by atoms with Gasteiger partial charge in [0.1, 0.15) is 0 Å². The maximum absolute atomic E-state index is 7.22. The van der Waals surface area contributed by atoms with Gasteiger partial charge in [0, 0.05) is 0 Å². The van der Waals surface area contributed by atoms with Gasteiger partial charge in [-0.3, -0.25) is 0 Å². The molecule has 0 N–H and O–H groups in total. The first kappa shape index (κ1) is 30.0. The normalized spacial score (nSPS) is 13.2. The Morgan fingerprint density at radius 3 is 0.862 bits per heavy atom. The predicted octanol–water partition coefficient (Wildman–Crippen LogP) is 8.26. The van der Waals surface area contributed by atoms with Gasteiger partial charge in [-0.2, -0.15) is 0 Å². The van der Waals surface area contributed by atoms with E-state index >= 15 is 0 Å². The topological polar surface area (TPSA) is 36.9 Å². The molecule has 29 heavy (non-hydrogen) atoms. The Labute approximate surface area is 190 Å². The molecule has 0 aromatic rings. The Kier molecular flexibility index (Phi) is 17.2. The Morgan fingerprint density at radius 2 is 0.690 bits per heavy atom. The molecule has 0 aromatic heterocycles. The molecule has 0 heterocycles. The van der Waals surface area contributed by atoms with Crippen molar-refractivity contribution in [3.05, 3.63) is 0 Å². The van der Waals surface area contributed by atoms with Gasteiger partial charge < -0.3 is 0 Å². The monoisotopic (exact) mass is 484 g/mol. The molecule has 4 nitrogen and oxygen atoms in total. The molecule has 0 aromatic carbocycles. The van der Waals surface area contributed by atoms with Crippen molar-refractivity contribution >= 4 is 16.6 Å². The van der Waals surface area contributed by atoms with Crippen LogP contribution in [-0.4, -0.2) is 29.8 Å². The molecule has 0 rings (SSSR count). The van der Waals surface area contributed by atoms with Crippen LogP contribution in [0.4, 0.5) is 0 Å². The summed E-state index contributed by atoms with van der Waals surface area (Å²) < 4.78 is 27.3. The fourth-order valence-electron chi connectivity index (χ4n) is 4.85. The maximum atomic E-state index is 7.22. The van der Waals surface area contributed by atoms with Gasteiger partial charge in [0.2, 0.25) is 0 Å². The van der Waals surface area contributed by atoms with Crippen LogP contribution in [-0.2, 0) is 30.8 Å². The quantitative estimate of drug-likeness (QED) is 0.163. The van der Waals surface area contributed by atoms with E-state index in [0.29, 0.717) is 13.2 Å². The summed E-state index contributed by atoms with van der Waals surface area (Å²) in [6.45, 7) is 19.1. The SMILES string of the molecule is CCC[Si](CCC)(CCC)[O][Ti]([O]CC)([O]CC)[O][Si](CCC)(CCC)CCC. The molecule has 0 aliphatic carbocycles. The zero-order valence-corrected chi connectivity index (χ0v) is 24.6. The third-order valence-electron chi connectivity index (χ3n) is 5.56. The summed E-state index contributed by atoms with van der Waals surface area (Å²) in [7, 11) is -3.89. The van der Waals surface area contributed by atoms with Crippen molar-refractivity contribution < 1.29 is 30.8 Å². The van der Waals surface area contributed by atoms with E-state index in [1.54, 1.807) is 0 Å². The molecule has 0 spiro atoms. The van der Waals surface area contributed by atoms with Gasteiger partial charge in [0.15, 0.2) is 0 Å². The molecule has 176 valence electrons. The van der Waals surface area contributed by atoms with Crippen molar-refractivity contribution in [3.63, 3.8) is 0 Å². The van der Waals surface area contributed by atoms with Crippen LogP contribution in [0.25, 0.3) is 0 Å². The Bertz CT molecular complexity index is 329. The molecule has 0 unspecified atom stereocenters. The van der Waals surface area contributed by atoms with Gasteiger partial charge in [-0.15, -0.1) is 0 Å². The van der Waals surface area contributed by atoms with Gasteiger partial charge in [-0.25, -0.2) is 0 Å². The van der Waals surface area contributed by atoms with Crippen molar-refractivity contribution in [1.82, 2.24) is 0 Å². The third-order valence-corrected chi connectivity index (χ3v) is 23.8. The van der Waals surface area contributed by atoms with E-state index in [9.17, 15) is 0 Å². The number of rotatable bonds is 20. The van der Waals surface area contributed by atoms with Crippen LogP contribution in [0.1, 0.15) is 93.9 Å². The Balaban J connectivity index is 6.16. The van der Waals surface area contributed by atoms with E-state index in [1.807, 2.05) is 0 Å². The molecule has 7 heteroatoms. The van der Waals surface area contributed by atoms with E-state index in [2.05, 4.69) is 55.4 Å². The van der Waals surface area contributed by atoms with Crippen molar-refractivity contribution in [1.29, 1.82) is 0 Å². The molecule has 0 amide bonds. The molecule has 0 atom stereocenters. The van der Waals surface area contributed by atoms with Gasteiger partial charge in [-0.1, -0.05) is 0 Å². The summed E-state index contributed by atoms with van der Waals surface area (Å²) in [5, 5.41) is 0. The molecule has 0 bridgehead atoms. The number of hydrogen-bond acceptors (Lipinski definition) is 4. The second kappa shape index (κ2) is 16.6. The van der Waals surface area contributed by atoms with Gasteiger partial charge in [-0.05, 0) is 0 Å². The first-order chi connectivity index (χ1) is 13.9. The molecular weight excluding hydrogens is 432 g/mol. The van der Waals surface area contributed by atoms with Crippen molar-refractivity contribution in [2.24, 2.45) is 0 Å². The first-order valence-electron chi connectivity index (χ1n) is 12.6. The van der Waals surface area contributed by atoms with Crippen LogP contribution in [0.2, 0.25) is 36.3 Å². The molecule has 0 radical (unpaired) electrons. The summed E-state index contributed by atoms with van der Waals surface area (Å²) in [6.07, 6.45) is 7.03. The van der Waals surface area contributed by atoms with Crippen molar-refractivity contribution in [3.8, 4) is 0 Å². The van der Waals surface area contributed by atoms with E-state index in [-0.39, 0.29) is 0 Å². The van der Waals surface area contributed by atoms with Crippen LogP contribution in [0, 0.1) is 0 Å². The summed E-state index contributed by atoms with van der Waals surface area (Å²) in [5.74, 6) is 0. The summed E-state index contributed by atoms with van der Waals surface area (Å²) in [4.78, 5) is 0. The van der Waals surface area contributed by atoms with Crippen LogP contribution in [0.5, 0.6) is 0 Å². The molecule has 0 saturated carbocycles. The standard InChI is InChI=1S/2C9H21OSi.2C2H5O.Ti/c2*1-4-7-11(10,8-5-2)9-6-3;2*1-2-3;/h2*4-9H2,1-3H3;2*2H2,1H3;/q4*-1;+4. The molecule has 0 saturated heterocycles. The fraction of sp³-hybridized carbons (Fsp3) is 1.00. The van der Waals surface area contributed by atoms with E-state index < -0.39 is 34.8 Å². The van der Waals surface area contributed by atoms with Crippen LogP contribution in [0.15, 0.2) is 0 Å². The third kappa shape index (κ3) is 10.4. The molecule has 0 aliphatic rings. The van der Waals surface area contributed by atoms with Crippen molar-refractivity contribution in [2.45, 2.75) is 130 Å². The Morgan fingerprint density at radius 1 is 0.448 bits per heavy atom. The Hall–Kier alpha value is 0.988. The minimum atomic E-state index is -3.82. The fourth-order valence-corrected chi connectivity index (χ4v) is 24.7. The first-order valence-corrected chi connectivity index (χ1v) is 20.2. The zero-order chi connectivity index (χ0) is 22.2. The van der Waals surface area contributed by atoms with E-state index in [0.717, 1.165) is 0 Å². The van der Waals surface area contributed by atoms with Crippen LogP contribution in [0.3, 0.4) is 0 Å². The molecule has 0 aliphatic heterocycles. The average molecular weight is 485 g/mol.